The molecule has 21 heavy (non-hydrogen) atoms. The lowest BCUT2D eigenvalue weighted by molar-refractivity contribution is 0.0752. The van der Waals surface area contributed by atoms with Gasteiger partial charge in [-0.3, -0.25) is 4.79 Å². The molecule has 0 bridgehead atoms. The predicted molar refractivity (Wildman–Crippen MR) is 84.7 cm³/mol. The molecule has 6 heteroatoms. The molecule has 0 spiro atoms. The van der Waals surface area contributed by atoms with Gasteiger partial charge in [0.05, 0.1) is 16.4 Å². The minimum absolute atomic E-state index is 0.0239. The highest BCUT2D eigenvalue weighted by Gasteiger charge is 2.33. The standard InChI is InChI=1S/C15H21NO3S2/c1-10-3-4-13-11(7-10)8-14(20-13)15(17)16(2)12-5-6-21(18,19)9-12/h8,10,12H,3-7,9H2,1-2H3. The lowest BCUT2D eigenvalue weighted by atomic mass is 9.90. The number of rotatable bonds is 2. The molecule has 116 valence electrons. The first-order valence-electron chi connectivity index (χ1n) is 7.45. The molecule has 0 radical (unpaired) electrons. The molecular formula is C15H21NO3S2. The van der Waals surface area contributed by atoms with E-state index in [1.807, 2.05) is 6.07 Å². The van der Waals surface area contributed by atoms with Crippen molar-refractivity contribution in [2.45, 2.75) is 38.6 Å². The SMILES string of the molecule is CC1CCc2sc(C(=O)N(C)C3CCS(=O)(=O)C3)cc2C1. The summed E-state index contributed by atoms with van der Waals surface area (Å²) in [6.45, 7) is 2.25. The quantitative estimate of drug-likeness (QED) is 0.836. The van der Waals surface area contributed by atoms with Crippen molar-refractivity contribution in [1.82, 2.24) is 4.90 Å². The molecule has 1 fully saturated rings. The van der Waals surface area contributed by atoms with Gasteiger partial charge in [-0.05, 0) is 43.2 Å². The van der Waals surface area contributed by atoms with Crippen LogP contribution in [0.25, 0.3) is 0 Å². The fourth-order valence-corrected chi connectivity index (χ4v) is 6.20. The van der Waals surface area contributed by atoms with Crippen molar-refractivity contribution in [2.75, 3.05) is 18.6 Å². The summed E-state index contributed by atoms with van der Waals surface area (Å²) in [7, 11) is -1.22. The van der Waals surface area contributed by atoms with Crippen LogP contribution in [0.3, 0.4) is 0 Å². The van der Waals surface area contributed by atoms with Crippen LogP contribution in [-0.4, -0.2) is 43.8 Å². The van der Waals surface area contributed by atoms with Gasteiger partial charge >= 0.3 is 0 Å². The molecule has 1 aliphatic heterocycles. The van der Waals surface area contributed by atoms with Crippen molar-refractivity contribution in [3.8, 4) is 0 Å². The van der Waals surface area contributed by atoms with E-state index in [-0.39, 0.29) is 23.5 Å². The Morgan fingerprint density at radius 1 is 1.38 bits per heavy atom. The second-order valence-corrected chi connectivity index (χ2v) is 9.75. The lowest BCUT2D eigenvalue weighted by Crippen LogP contribution is -2.37. The molecule has 0 N–H and O–H groups in total. The number of hydrogen-bond acceptors (Lipinski definition) is 4. The number of sulfone groups is 1. The molecule has 1 aliphatic carbocycles. The van der Waals surface area contributed by atoms with Gasteiger partial charge in [-0.2, -0.15) is 0 Å². The van der Waals surface area contributed by atoms with E-state index < -0.39 is 9.84 Å². The van der Waals surface area contributed by atoms with E-state index in [1.54, 1.807) is 23.3 Å². The van der Waals surface area contributed by atoms with E-state index in [0.717, 1.165) is 17.7 Å². The molecule has 0 aromatic carbocycles. The highest BCUT2D eigenvalue weighted by Crippen LogP contribution is 2.33. The van der Waals surface area contributed by atoms with E-state index in [4.69, 9.17) is 0 Å². The molecular weight excluding hydrogens is 306 g/mol. The Kier molecular flexibility index (Phi) is 3.86. The monoisotopic (exact) mass is 327 g/mol. The van der Waals surface area contributed by atoms with Crippen molar-refractivity contribution in [3.63, 3.8) is 0 Å². The third-order valence-corrected chi connectivity index (χ3v) is 7.59. The van der Waals surface area contributed by atoms with E-state index >= 15 is 0 Å². The first kappa shape index (κ1) is 15.0. The molecule has 4 nitrogen and oxygen atoms in total. The van der Waals surface area contributed by atoms with Crippen LogP contribution in [0.4, 0.5) is 0 Å². The Bertz CT molecular complexity index is 662. The van der Waals surface area contributed by atoms with Gasteiger partial charge in [-0.25, -0.2) is 8.42 Å². The Hall–Kier alpha value is -0.880. The van der Waals surface area contributed by atoms with Crippen LogP contribution in [0.5, 0.6) is 0 Å². The topological polar surface area (TPSA) is 54.5 Å². The second-order valence-electron chi connectivity index (χ2n) is 6.38. The predicted octanol–water partition coefficient (Wildman–Crippen LogP) is 2.13. The van der Waals surface area contributed by atoms with Crippen molar-refractivity contribution in [2.24, 2.45) is 5.92 Å². The van der Waals surface area contributed by atoms with Crippen LogP contribution in [0.1, 0.15) is 39.9 Å². The number of thiophene rings is 1. The number of hydrogen-bond donors (Lipinski definition) is 0. The Morgan fingerprint density at radius 3 is 2.81 bits per heavy atom. The largest absolute Gasteiger partial charge is 0.337 e. The zero-order valence-electron chi connectivity index (χ0n) is 12.5. The van der Waals surface area contributed by atoms with Crippen molar-refractivity contribution >= 4 is 27.1 Å². The Balaban J connectivity index is 1.76. The molecule has 1 amide bonds. The minimum Gasteiger partial charge on any atom is -0.337 e. The molecule has 1 aromatic heterocycles. The van der Waals surface area contributed by atoms with Crippen LogP contribution in [0.15, 0.2) is 6.07 Å². The van der Waals surface area contributed by atoms with E-state index in [9.17, 15) is 13.2 Å². The third kappa shape index (κ3) is 3.01. The van der Waals surface area contributed by atoms with Gasteiger partial charge in [-0.15, -0.1) is 11.3 Å². The summed E-state index contributed by atoms with van der Waals surface area (Å²) < 4.78 is 23.1. The van der Waals surface area contributed by atoms with Crippen LogP contribution in [-0.2, 0) is 22.7 Å². The smallest absolute Gasteiger partial charge is 0.263 e. The summed E-state index contributed by atoms with van der Waals surface area (Å²) in [5.41, 5.74) is 1.31. The third-order valence-electron chi connectivity index (χ3n) is 4.62. The highest BCUT2D eigenvalue weighted by molar-refractivity contribution is 7.91. The zero-order chi connectivity index (χ0) is 15.2. The Labute approximate surface area is 130 Å². The maximum Gasteiger partial charge on any atom is 0.263 e. The molecule has 2 aliphatic rings. The molecule has 1 aromatic rings. The van der Waals surface area contributed by atoms with Crippen molar-refractivity contribution < 1.29 is 13.2 Å². The van der Waals surface area contributed by atoms with Gasteiger partial charge in [0.25, 0.3) is 5.91 Å². The summed E-state index contributed by atoms with van der Waals surface area (Å²) in [5.74, 6) is 0.974. The summed E-state index contributed by atoms with van der Waals surface area (Å²) in [5, 5.41) is 0. The van der Waals surface area contributed by atoms with Gasteiger partial charge < -0.3 is 4.90 Å². The summed E-state index contributed by atoms with van der Waals surface area (Å²) in [4.78, 5) is 16.3. The molecule has 3 rings (SSSR count). The second kappa shape index (κ2) is 5.39. The van der Waals surface area contributed by atoms with Crippen LogP contribution >= 0.6 is 11.3 Å². The normalized spacial score (nSPS) is 27.3. The van der Waals surface area contributed by atoms with E-state index in [0.29, 0.717) is 12.3 Å². The number of nitrogens with zero attached hydrogens (tertiary/aromatic N) is 1. The van der Waals surface area contributed by atoms with Gasteiger partial charge in [0.2, 0.25) is 0 Å². The van der Waals surface area contributed by atoms with E-state index in [2.05, 4.69) is 6.92 Å². The highest BCUT2D eigenvalue weighted by atomic mass is 32.2. The van der Waals surface area contributed by atoms with Gasteiger partial charge in [-0.1, -0.05) is 6.92 Å². The fourth-order valence-electron chi connectivity index (χ4n) is 3.23. The molecule has 2 unspecified atom stereocenters. The van der Waals surface area contributed by atoms with Crippen LogP contribution in [0.2, 0.25) is 0 Å². The maximum absolute atomic E-state index is 12.6. The molecule has 2 heterocycles. The van der Waals surface area contributed by atoms with Crippen molar-refractivity contribution in [3.05, 3.63) is 21.4 Å². The number of carbonyl (C=O) groups excluding carboxylic acids is 1. The van der Waals surface area contributed by atoms with Gasteiger partial charge in [0.1, 0.15) is 0 Å². The summed E-state index contributed by atoms with van der Waals surface area (Å²) >= 11 is 1.59. The Morgan fingerprint density at radius 2 is 2.14 bits per heavy atom. The first-order chi connectivity index (χ1) is 9.85. The number of carbonyl (C=O) groups is 1. The van der Waals surface area contributed by atoms with Gasteiger partial charge in [0.15, 0.2) is 9.84 Å². The summed E-state index contributed by atoms with van der Waals surface area (Å²) in [6.07, 6.45) is 3.88. The van der Waals surface area contributed by atoms with Gasteiger partial charge in [0, 0.05) is 18.0 Å². The van der Waals surface area contributed by atoms with Crippen LogP contribution in [0, 0.1) is 5.92 Å². The number of aryl methyl sites for hydroxylation is 1. The minimum atomic E-state index is -2.96. The molecule has 0 saturated carbocycles. The first-order valence-corrected chi connectivity index (χ1v) is 10.1. The molecule has 1 saturated heterocycles. The lowest BCUT2D eigenvalue weighted by Gasteiger charge is -2.22. The number of fused-ring (bicyclic) bond motifs is 1. The van der Waals surface area contributed by atoms with Crippen molar-refractivity contribution in [1.29, 1.82) is 0 Å². The zero-order valence-corrected chi connectivity index (χ0v) is 14.1. The summed E-state index contributed by atoms with van der Waals surface area (Å²) in [6, 6.07) is 1.86. The van der Waals surface area contributed by atoms with E-state index in [1.165, 1.54) is 16.9 Å². The number of amides is 1. The van der Waals surface area contributed by atoms with Crippen LogP contribution < -0.4 is 0 Å². The maximum atomic E-state index is 12.6. The average molecular weight is 327 g/mol. The fraction of sp³-hybridized carbons (Fsp3) is 0.667. The average Bonchev–Trinajstić information content (AvgIpc) is 2.99. The molecule has 2 atom stereocenters.